The van der Waals surface area contributed by atoms with E-state index < -0.39 is 9.84 Å². The highest BCUT2D eigenvalue weighted by Crippen LogP contribution is 2.27. The van der Waals surface area contributed by atoms with Crippen LogP contribution in [0.15, 0.2) is 30.3 Å². The predicted octanol–water partition coefficient (Wildman–Crippen LogP) is 0.185. The van der Waals surface area contributed by atoms with Gasteiger partial charge in [0.1, 0.15) is 6.61 Å². The number of methoxy groups -OCH3 is 1. The van der Waals surface area contributed by atoms with E-state index in [0.717, 1.165) is 13.0 Å². The van der Waals surface area contributed by atoms with Crippen molar-refractivity contribution < 1.29 is 17.9 Å². The molecule has 0 aliphatic carbocycles. The number of amides is 1. The summed E-state index contributed by atoms with van der Waals surface area (Å²) >= 11 is 0. The fraction of sp³-hybridized carbons (Fsp3) is 0.588. The Hall–Kier alpha value is -1.44. The fourth-order valence-electron chi connectivity index (χ4n) is 3.74. The van der Waals surface area contributed by atoms with E-state index in [1.54, 1.807) is 4.90 Å². The van der Waals surface area contributed by atoms with E-state index in [9.17, 15) is 13.2 Å². The summed E-state index contributed by atoms with van der Waals surface area (Å²) < 4.78 is 29.2. The zero-order valence-corrected chi connectivity index (χ0v) is 14.7. The van der Waals surface area contributed by atoms with Crippen molar-refractivity contribution in [2.24, 2.45) is 0 Å². The number of rotatable bonds is 5. The third kappa shape index (κ3) is 3.79. The second-order valence-electron chi connectivity index (χ2n) is 6.50. The molecule has 0 radical (unpaired) electrons. The van der Waals surface area contributed by atoms with Crippen molar-refractivity contribution in [1.29, 1.82) is 0 Å². The number of piperazine rings is 1. The molecule has 3 rings (SSSR count). The zero-order valence-electron chi connectivity index (χ0n) is 13.9. The molecule has 7 heteroatoms. The highest BCUT2D eigenvalue weighted by molar-refractivity contribution is 7.91. The van der Waals surface area contributed by atoms with Gasteiger partial charge in [-0.15, -0.1) is 0 Å². The maximum absolute atomic E-state index is 12.2. The van der Waals surface area contributed by atoms with Crippen LogP contribution >= 0.6 is 0 Å². The molecule has 1 aromatic carbocycles. The Morgan fingerprint density at radius 1 is 1.17 bits per heavy atom. The molecule has 2 saturated heterocycles. The van der Waals surface area contributed by atoms with E-state index in [2.05, 4.69) is 17.0 Å². The lowest BCUT2D eigenvalue weighted by atomic mass is 10.0. The van der Waals surface area contributed by atoms with Crippen molar-refractivity contribution in [3.63, 3.8) is 0 Å². The molecule has 0 unspecified atom stereocenters. The molecule has 0 aromatic heterocycles. The van der Waals surface area contributed by atoms with Crippen LogP contribution < -0.4 is 0 Å². The number of ether oxygens (including phenoxy) is 1. The monoisotopic (exact) mass is 352 g/mol. The third-order valence-electron chi connectivity index (χ3n) is 4.91. The van der Waals surface area contributed by atoms with Crippen LogP contribution in [-0.4, -0.2) is 81.1 Å². The largest absolute Gasteiger partial charge is 0.375 e. The molecule has 0 spiro atoms. The first-order chi connectivity index (χ1) is 11.5. The predicted molar refractivity (Wildman–Crippen MR) is 91.5 cm³/mol. The molecule has 6 nitrogen and oxygen atoms in total. The Bertz CT molecular complexity index is 677. The van der Waals surface area contributed by atoms with Crippen molar-refractivity contribution in [3.05, 3.63) is 35.9 Å². The molecule has 1 aromatic rings. The number of fused-ring (bicyclic) bond motifs is 1. The Morgan fingerprint density at radius 3 is 2.58 bits per heavy atom. The molecule has 0 N–H and O–H groups in total. The van der Waals surface area contributed by atoms with Crippen LogP contribution in [0.2, 0.25) is 0 Å². The van der Waals surface area contributed by atoms with Crippen LogP contribution in [0, 0.1) is 0 Å². The van der Waals surface area contributed by atoms with Crippen LogP contribution in [0.4, 0.5) is 0 Å². The number of hydrogen-bond donors (Lipinski definition) is 0. The van der Waals surface area contributed by atoms with Gasteiger partial charge in [0.05, 0.1) is 17.5 Å². The van der Waals surface area contributed by atoms with E-state index in [-0.39, 0.29) is 36.1 Å². The van der Waals surface area contributed by atoms with E-state index in [1.807, 2.05) is 18.2 Å². The number of sulfone groups is 1. The Balaban J connectivity index is 1.71. The number of hydrogen-bond acceptors (Lipinski definition) is 5. The average molecular weight is 352 g/mol. The maximum Gasteiger partial charge on any atom is 0.248 e. The van der Waals surface area contributed by atoms with E-state index in [0.29, 0.717) is 13.1 Å². The van der Waals surface area contributed by atoms with E-state index in [1.165, 1.54) is 12.7 Å². The number of benzene rings is 1. The van der Waals surface area contributed by atoms with Crippen molar-refractivity contribution in [2.75, 3.05) is 44.9 Å². The first-order valence-electron chi connectivity index (χ1n) is 8.27. The lowest BCUT2D eigenvalue weighted by Gasteiger charge is -2.44. The van der Waals surface area contributed by atoms with Crippen LogP contribution in [0.25, 0.3) is 0 Å². The van der Waals surface area contributed by atoms with Crippen LogP contribution in [0.5, 0.6) is 0 Å². The van der Waals surface area contributed by atoms with Crippen molar-refractivity contribution in [2.45, 2.75) is 18.5 Å². The molecule has 0 bridgehead atoms. The molecular formula is C17H24N2O4S. The normalized spacial score (nSPS) is 26.3. The highest BCUT2D eigenvalue weighted by Gasteiger charge is 2.47. The number of nitrogens with zero attached hydrogens (tertiary/aromatic N) is 2. The zero-order chi connectivity index (χ0) is 17.2. The molecule has 2 aliphatic rings. The minimum Gasteiger partial charge on any atom is -0.375 e. The molecule has 1 amide bonds. The molecule has 24 heavy (non-hydrogen) atoms. The van der Waals surface area contributed by atoms with Gasteiger partial charge >= 0.3 is 0 Å². The minimum atomic E-state index is -3.10. The fourth-order valence-corrected chi connectivity index (χ4v) is 5.75. The van der Waals surface area contributed by atoms with Gasteiger partial charge in [-0.3, -0.25) is 9.69 Å². The Labute approximate surface area is 143 Å². The van der Waals surface area contributed by atoms with Crippen LogP contribution in [0.3, 0.4) is 0 Å². The van der Waals surface area contributed by atoms with Gasteiger partial charge in [0.2, 0.25) is 5.91 Å². The lowest BCUT2D eigenvalue weighted by molar-refractivity contribution is -0.140. The smallest absolute Gasteiger partial charge is 0.248 e. The summed E-state index contributed by atoms with van der Waals surface area (Å²) in [6, 6.07) is 9.83. The summed E-state index contributed by atoms with van der Waals surface area (Å²) in [5.41, 5.74) is 1.24. The highest BCUT2D eigenvalue weighted by atomic mass is 32.2. The summed E-state index contributed by atoms with van der Waals surface area (Å²) in [6.45, 7) is 2.09. The van der Waals surface area contributed by atoms with Crippen molar-refractivity contribution in [1.82, 2.24) is 9.80 Å². The van der Waals surface area contributed by atoms with Gasteiger partial charge < -0.3 is 9.64 Å². The molecule has 132 valence electrons. The summed E-state index contributed by atoms with van der Waals surface area (Å²) in [5.74, 6) is 0.0883. The SMILES string of the molecule is COCC(=O)N1CCN(CCc2ccccc2)[C@@H]2CS(=O)(=O)C[C@@H]21. The molecule has 2 atom stereocenters. The Morgan fingerprint density at radius 2 is 1.88 bits per heavy atom. The lowest BCUT2D eigenvalue weighted by Crippen LogP contribution is -2.61. The van der Waals surface area contributed by atoms with E-state index >= 15 is 0 Å². The molecule has 2 fully saturated rings. The first-order valence-corrected chi connectivity index (χ1v) is 10.1. The van der Waals surface area contributed by atoms with Crippen LogP contribution in [-0.2, 0) is 25.8 Å². The van der Waals surface area contributed by atoms with Crippen molar-refractivity contribution in [3.8, 4) is 0 Å². The van der Waals surface area contributed by atoms with E-state index in [4.69, 9.17) is 4.74 Å². The molecule has 2 heterocycles. The molecule has 0 saturated carbocycles. The number of carbonyl (C=O) groups excluding carboxylic acids is 1. The summed E-state index contributed by atoms with van der Waals surface area (Å²) in [4.78, 5) is 16.2. The van der Waals surface area contributed by atoms with Crippen LogP contribution in [0.1, 0.15) is 5.56 Å². The van der Waals surface area contributed by atoms with Gasteiger partial charge in [0, 0.05) is 32.8 Å². The van der Waals surface area contributed by atoms with Gasteiger partial charge in [-0.25, -0.2) is 8.42 Å². The van der Waals surface area contributed by atoms with Gasteiger partial charge in [0.15, 0.2) is 9.84 Å². The van der Waals surface area contributed by atoms with Gasteiger partial charge in [-0.1, -0.05) is 30.3 Å². The van der Waals surface area contributed by atoms with Crippen molar-refractivity contribution >= 4 is 15.7 Å². The second-order valence-corrected chi connectivity index (χ2v) is 8.66. The second kappa shape index (κ2) is 7.21. The Kier molecular flexibility index (Phi) is 5.22. The first kappa shape index (κ1) is 17.4. The standard InChI is InChI=1S/C17H24N2O4S/c1-23-11-17(20)19-10-9-18(8-7-14-5-3-2-4-6-14)15-12-24(21,22)13-16(15)19/h2-6,15-16H,7-13H2,1H3/t15-,16+/m1/s1. The van der Waals surface area contributed by atoms with Gasteiger partial charge in [-0.05, 0) is 12.0 Å². The molecular weight excluding hydrogens is 328 g/mol. The quantitative estimate of drug-likeness (QED) is 0.757. The summed E-state index contributed by atoms with van der Waals surface area (Å²) in [7, 11) is -1.62. The van der Waals surface area contributed by atoms with Gasteiger partial charge in [-0.2, -0.15) is 0 Å². The number of carbonyl (C=O) groups is 1. The molecule has 2 aliphatic heterocycles. The third-order valence-corrected chi connectivity index (χ3v) is 6.61. The summed E-state index contributed by atoms with van der Waals surface area (Å²) in [6.07, 6.45) is 0.885. The topological polar surface area (TPSA) is 66.9 Å². The minimum absolute atomic E-state index is 0.00723. The summed E-state index contributed by atoms with van der Waals surface area (Å²) in [5, 5.41) is 0. The van der Waals surface area contributed by atoms with Gasteiger partial charge in [0.25, 0.3) is 0 Å². The average Bonchev–Trinajstić information content (AvgIpc) is 2.88. The maximum atomic E-state index is 12.2.